The molecule has 0 bridgehead atoms. The van der Waals surface area contributed by atoms with Crippen LogP contribution < -0.4 is 10.9 Å². The average molecular weight is 374 g/mol. The number of likely N-dealkylation sites (tertiary alicyclic amines) is 1. The number of hydrogen-bond donors (Lipinski definition) is 2. The van der Waals surface area contributed by atoms with E-state index in [1.807, 2.05) is 6.92 Å². The zero-order valence-electron chi connectivity index (χ0n) is 16.7. The number of rotatable bonds is 7. The van der Waals surface area contributed by atoms with E-state index >= 15 is 0 Å². The van der Waals surface area contributed by atoms with Crippen molar-refractivity contribution in [3.05, 3.63) is 21.6 Å². The van der Waals surface area contributed by atoms with Crippen LogP contribution in [0.3, 0.4) is 0 Å². The number of H-pyrrole nitrogens is 1. The Labute approximate surface area is 159 Å². The fourth-order valence-corrected chi connectivity index (χ4v) is 3.65. The van der Waals surface area contributed by atoms with E-state index < -0.39 is 0 Å². The number of hydrogen-bond acceptors (Lipinski definition) is 5. The number of carbonyl (C=O) groups excluding carboxylic acids is 1. The minimum absolute atomic E-state index is 0.104. The number of aromatic amines is 1. The maximum absolute atomic E-state index is 12.7. The van der Waals surface area contributed by atoms with Gasteiger partial charge in [0.1, 0.15) is 0 Å². The molecule has 1 unspecified atom stereocenters. The lowest BCUT2D eigenvalue weighted by Crippen LogP contribution is -2.31. The van der Waals surface area contributed by atoms with Crippen molar-refractivity contribution in [2.45, 2.75) is 65.8 Å². The Balaban J connectivity index is 1.67. The van der Waals surface area contributed by atoms with Crippen molar-refractivity contribution in [2.24, 2.45) is 5.92 Å². The molecule has 1 fully saturated rings. The average Bonchev–Trinajstić information content (AvgIpc) is 3.26. The summed E-state index contributed by atoms with van der Waals surface area (Å²) in [6, 6.07) is 0.402. The highest BCUT2D eigenvalue weighted by molar-refractivity contribution is 5.89. The molecule has 8 heteroatoms. The smallest absolute Gasteiger partial charge is 0.277 e. The summed E-state index contributed by atoms with van der Waals surface area (Å²) in [6.07, 6.45) is 4.39. The van der Waals surface area contributed by atoms with Crippen molar-refractivity contribution in [3.8, 4) is 0 Å². The van der Waals surface area contributed by atoms with Gasteiger partial charge in [0.2, 0.25) is 11.9 Å². The Hall–Kier alpha value is -2.22. The van der Waals surface area contributed by atoms with Gasteiger partial charge in [0, 0.05) is 18.0 Å². The van der Waals surface area contributed by atoms with E-state index in [1.54, 1.807) is 0 Å². The Morgan fingerprint density at radius 1 is 1.22 bits per heavy atom. The van der Waals surface area contributed by atoms with Crippen LogP contribution in [0.15, 0.2) is 4.79 Å². The number of amides is 1. The number of fused-ring (bicyclic) bond motifs is 1. The molecule has 3 heterocycles. The van der Waals surface area contributed by atoms with Crippen molar-refractivity contribution in [3.63, 3.8) is 0 Å². The highest BCUT2D eigenvalue weighted by atomic mass is 16.2. The zero-order valence-corrected chi connectivity index (χ0v) is 16.7. The Bertz CT molecular complexity index is 863. The molecule has 1 aliphatic heterocycles. The number of nitrogens with one attached hydrogen (secondary N) is 2. The molecule has 0 spiro atoms. The molecule has 0 radical (unpaired) electrons. The van der Waals surface area contributed by atoms with Gasteiger partial charge < -0.3 is 4.90 Å². The molecule has 1 atom stereocenters. The third-order valence-corrected chi connectivity index (χ3v) is 5.22. The number of aromatic nitrogens is 4. The number of nitrogens with zero attached hydrogens (tertiary/aromatic N) is 4. The lowest BCUT2D eigenvalue weighted by Gasteiger charge is -2.23. The molecule has 27 heavy (non-hydrogen) atoms. The van der Waals surface area contributed by atoms with Crippen molar-refractivity contribution in [1.29, 1.82) is 0 Å². The van der Waals surface area contributed by atoms with Crippen LogP contribution in [0.4, 0.5) is 5.95 Å². The summed E-state index contributed by atoms with van der Waals surface area (Å²) in [5.74, 6) is 0.800. The van der Waals surface area contributed by atoms with E-state index in [0.717, 1.165) is 19.5 Å². The summed E-state index contributed by atoms with van der Waals surface area (Å²) in [7, 11) is 0. The van der Waals surface area contributed by atoms with E-state index in [-0.39, 0.29) is 23.2 Å². The van der Waals surface area contributed by atoms with Gasteiger partial charge in [-0.25, -0.2) is 4.98 Å². The minimum atomic E-state index is -0.151. The Morgan fingerprint density at radius 2 is 1.93 bits per heavy atom. The first-order valence-electron chi connectivity index (χ1n) is 9.87. The molecule has 1 saturated heterocycles. The quantitative estimate of drug-likeness (QED) is 0.774. The van der Waals surface area contributed by atoms with Gasteiger partial charge in [0.15, 0.2) is 0 Å². The van der Waals surface area contributed by atoms with Crippen molar-refractivity contribution < 1.29 is 4.79 Å². The number of anilines is 1. The second-order valence-corrected chi connectivity index (χ2v) is 7.97. The normalized spacial score (nSPS) is 16.3. The van der Waals surface area contributed by atoms with Crippen molar-refractivity contribution in [1.82, 2.24) is 24.5 Å². The molecule has 8 nitrogen and oxygen atoms in total. The van der Waals surface area contributed by atoms with Gasteiger partial charge in [-0.05, 0) is 58.5 Å². The van der Waals surface area contributed by atoms with Gasteiger partial charge in [-0.1, -0.05) is 13.8 Å². The third kappa shape index (κ3) is 4.55. The van der Waals surface area contributed by atoms with Crippen LogP contribution in [0, 0.1) is 12.8 Å². The van der Waals surface area contributed by atoms with E-state index in [0.29, 0.717) is 36.1 Å². The van der Waals surface area contributed by atoms with Crippen LogP contribution in [0.25, 0.3) is 5.78 Å². The topological polar surface area (TPSA) is 95.4 Å². The Morgan fingerprint density at radius 3 is 2.59 bits per heavy atom. The van der Waals surface area contributed by atoms with Gasteiger partial charge in [0.05, 0.1) is 5.69 Å². The highest BCUT2D eigenvalue weighted by Crippen LogP contribution is 2.15. The van der Waals surface area contributed by atoms with Gasteiger partial charge in [-0.3, -0.25) is 20.0 Å². The molecule has 1 aliphatic rings. The largest absolute Gasteiger partial charge is 0.301 e. The van der Waals surface area contributed by atoms with Crippen LogP contribution in [0.2, 0.25) is 0 Å². The van der Waals surface area contributed by atoms with E-state index in [1.165, 1.54) is 17.4 Å². The standard InChI is InChI=1S/C19H30N6O2/c1-12(2)11-15-14(4)20-19-22-18(23-25(19)17(15)27)21-16(26)8-7-13(3)24-9-5-6-10-24/h12-13H,5-11H2,1-4H3,(H2,20,21,22,23,26). The maximum atomic E-state index is 12.7. The summed E-state index contributed by atoms with van der Waals surface area (Å²) in [6.45, 7) is 10.4. The fraction of sp³-hybridized carbons (Fsp3) is 0.684. The first-order valence-corrected chi connectivity index (χ1v) is 9.87. The molecule has 148 valence electrons. The first-order chi connectivity index (χ1) is 12.8. The molecule has 0 aromatic carbocycles. The van der Waals surface area contributed by atoms with E-state index in [2.05, 4.69) is 46.1 Å². The van der Waals surface area contributed by atoms with Crippen LogP contribution in [-0.4, -0.2) is 49.5 Å². The minimum Gasteiger partial charge on any atom is -0.301 e. The SMILES string of the molecule is Cc1nc2nc(NC(=O)CCC(C)N3CCCC3)[nH]n2c(=O)c1CC(C)C. The molecule has 1 amide bonds. The summed E-state index contributed by atoms with van der Waals surface area (Å²) in [5.41, 5.74) is 1.22. The van der Waals surface area contributed by atoms with Gasteiger partial charge in [0.25, 0.3) is 11.3 Å². The highest BCUT2D eigenvalue weighted by Gasteiger charge is 2.19. The van der Waals surface area contributed by atoms with Crippen LogP contribution in [0.5, 0.6) is 0 Å². The lowest BCUT2D eigenvalue weighted by atomic mass is 10.0. The predicted molar refractivity (Wildman–Crippen MR) is 105 cm³/mol. The van der Waals surface area contributed by atoms with E-state index in [4.69, 9.17) is 0 Å². The van der Waals surface area contributed by atoms with Crippen LogP contribution in [0.1, 0.15) is 57.7 Å². The molecule has 2 aromatic rings. The van der Waals surface area contributed by atoms with Gasteiger partial charge in [-0.15, -0.1) is 0 Å². The second kappa shape index (κ2) is 8.21. The lowest BCUT2D eigenvalue weighted by molar-refractivity contribution is -0.116. The molecule has 0 saturated carbocycles. The number of carbonyl (C=O) groups is 1. The summed E-state index contributed by atoms with van der Waals surface area (Å²) >= 11 is 0. The van der Waals surface area contributed by atoms with Crippen LogP contribution >= 0.6 is 0 Å². The predicted octanol–water partition coefficient (Wildman–Crippen LogP) is 2.13. The molecule has 2 aromatic heterocycles. The zero-order chi connectivity index (χ0) is 19.6. The van der Waals surface area contributed by atoms with E-state index in [9.17, 15) is 9.59 Å². The molecule has 0 aliphatic carbocycles. The fourth-order valence-electron chi connectivity index (χ4n) is 3.65. The Kier molecular flexibility index (Phi) is 5.94. The first kappa shape index (κ1) is 19.5. The van der Waals surface area contributed by atoms with Gasteiger partial charge >= 0.3 is 0 Å². The summed E-state index contributed by atoms with van der Waals surface area (Å²) < 4.78 is 1.31. The molecular weight excluding hydrogens is 344 g/mol. The molecule has 2 N–H and O–H groups in total. The molecular formula is C19H30N6O2. The summed E-state index contributed by atoms with van der Waals surface area (Å²) in [4.78, 5) is 36.0. The number of aryl methyl sites for hydroxylation is 1. The third-order valence-electron chi connectivity index (χ3n) is 5.22. The maximum Gasteiger partial charge on any atom is 0.277 e. The van der Waals surface area contributed by atoms with Gasteiger partial charge in [-0.2, -0.15) is 9.50 Å². The summed E-state index contributed by atoms with van der Waals surface area (Å²) in [5, 5.41) is 5.63. The molecule has 3 rings (SSSR count). The van der Waals surface area contributed by atoms with Crippen molar-refractivity contribution >= 4 is 17.6 Å². The van der Waals surface area contributed by atoms with Crippen molar-refractivity contribution in [2.75, 3.05) is 18.4 Å². The van der Waals surface area contributed by atoms with Crippen LogP contribution in [-0.2, 0) is 11.2 Å². The monoisotopic (exact) mass is 374 g/mol. The second-order valence-electron chi connectivity index (χ2n) is 7.97.